The monoisotopic (exact) mass is 439 g/mol. The lowest BCUT2D eigenvalue weighted by Crippen LogP contribution is -2.21. The van der Waals surface area contributed by atoms with E-state index in [1.165, 1.54) is 17.5 Å². The molecular weight excluding hydrogens is 422 g/mol. The molecule has 1 aromatic carbocycles. The van der Waals surface area contributed by atoms with Crippen LogP contribution in [-0.4, -0.2) is 33.7 Å². The predicted molar refractivity (Wildman–Crippen MR) is 112 cm³/mol. The number of hydrogen-bond acceptors (Lipinski definition) is 10. The van der Waals surface area contributed by atoms with E-state index in [2.05, 4.69) is 15.2 Å². The molecule has 0 saturated carbocycles. The number of nitrogens with zero attached hydrogens (tertiary/aromatic N) is 3. The van der Waals surface area contributed by atoms with E-state index in [0.29, 0.717) is 27.6 Å². The molecule has 3 heterocycles. The Labute approximate surface area is 179 Å². The average Bonchev–Trinajstić information content (AvgIpc) is 3.38. The summed E-state index contributed by atoms with van der Waals surface area (Å²) in [6.45, 7) is 1.40. The Morgan fingerprint density at radius 1 is 1.26 bits per heavy atom. The summed E-state index contributed by atoms with van der Waals surface area (Å²) >= 11 is 1.30. The zero-order valence-corrected chi connectivity index (χ0v) is 17.1. The first-order chi connectivity index (χ1) is 14.9. The Morgan fingerprint density at radius 2 is 2.10 bits per heavy atom. The summed E-state index contributed by atoms with van der Waals surface area (Å²) in [6, 6.07) is 7.25. The SMILES string of the molecule is Cc1nnc(-c2cccc(OCc3csc4c(C(=O)OCC(N)=O)cnc(N)c34)c2)o1. The van der Waals surface area contributed by atoms with Crippen molar-refractivity contribution in [2.24, 2.45) is 5.73 Å². The summed E-state index contributed by atoms with van der Waals surface area (Å²) in [5, 5.41) is 10.3. The molecule has 0 atom stereocenters. The van der Waals surface area contributed by atoms with E-state index in [4.69, 9.17) is 25.4 Å². The highest BCUT2D eigenvalue weighted by Crippen LogP contribution is 2.33. The number of nitrogens with two attached hydrogens (primary N) is 2. The molecule has 10 nitrogen and oxygen atoms in total. The van der Waals surface area contributed by atoms with Gasteiger partial charge in [0.05, 0.1) is 10.3 Å². The first-order valence-corrected chi connectivity index (χ1v) is 9.93. The van der Waals surface area contributed by atoms with Crippen LogP contribution in [-0.2, 0) is 16.1 Å². The number of pyridine rings is 1. The number of rotatable bonds is 7. The Kier molecular flexibility index (Phi) is 5.50. The Balaban J connectivity index is 1.56. The van der Waals surface area contributed by atoms with Crippen molar-refractivity contribution in [3.63, 3.8) is 0 Å². The second kappa shape index (κ2) is 8.40. The molecule has 0 aliphatic carbocycles. The van der Waals surface area contributed by atoms with E-state index in [0.717, 1.165) is 11.1 Å². The largest absolute Gasteiger partial charge is 0.489 e. The van der Waals surface area contributed by atoms with Gasteiger partial charge in [0.1, 0.15) is 18.2 Å². The van der Waals surface area contributed by atoms with Crippen molar-refractivity contribution in [1.29, 1.82) is 0 Å². The quantitative estimate of drug-likeness (QED) is 0.413. The molecule has 4 N–H and O–H groups in total. The Morgan fingerprint density at radius 3 is 2.84 bits per heavy atom. The zero-order valence-electron chi connectivity index (χ0n) is 16.3. The fourth-order valence-electron chi connectivity index (χ4n) is 2.89. The molecule has 0 fully saturated rings. The maximum absolute atomic E-state index is 12.3. The molecule has 0 spiro atoms. The molecule has 0 bridgehead atoms. The first-order valence-electron chi connectivity index (χ1n) is 9.05. The van der Waals surface area contributed by atoms with Crippen molar-refractivity contribution in [1.82, 2.24) is 15.2 Å². The number of carbonyl (C=O) groups is 2. The molecular formula is C20H17N5O5S. The topological polar surface area (TPSA) is 156 Å². The fraction of sp³-hybridized carbons (Fsp3) is 0.150. The Hall–Kier alpha value is -3.99. The highest BCUT2D eigenvalue weighted by Gasteiger charge is 2.19. The molecule has 3 aromatic heterocycles. The summed E-state index contributed by atoms with van der Waals surface area (Å²) < 4.78 is 16.9. The summed E-state index contributed by atoms with van der Waals surface area (Å²) in [5.41, 5.74) is 12.8. The van der Waals surface area contributed by atoms with Crippen LogP contribution in [0.5, 0.6) is 5.75 Å². The van der Waals surface area contributed by atoms with Gasteiger partial charge < -0.3 is 25.4 Å². The molecule has 31 heavy (non-hydrogen) atoms. The minimum atomic E-state index is -0.744. The van der Waals surface area contributed by atoms with Crippen LogP contribution in [0, 0.1) is 6.92 Å². The van der Waals surface area contributed by atoms with Gasteiger partial charge in [0.15, 0.2) is 6.61 Å². The predicted octanol–water partition coefficient (Wildman–Crippen LogP) is 2.46. The van der Waals surface area contributed by atoms with Crippen LogP contribution >= 0.6 is 11.3 Å². The van der Waals surface area contributed by atoms with Gasteiger partial charge in [-0.1, -0.05) is 6.07 Å². The van der Waals surface area contributed by atoms with Crippen LogP contribution < -0.4 is 16.2 Å². The minimum absolute atomic E-state index is 0.192. The molecule has 11 heteroatoms. The standard InChI is InChI=1S/C20H17N5O5S/c1-10-24-25-19(30-10)11-3-2-4-13(5-11)28-7-12-9-31-17-14(6-23-18(22)16(12)17)20(27)29-8-15(21)26/h2-6,9H,7-8H2,1H3,(H2,21,26)(H2,22,23). The summed E-state index contributed by atoms with van der Waals surface area (Å²) in [4.78, 5) is 27.2. The maximum Gasteiger partial charge on any atom is 0.341 e. The van der Waals surface area contributed by atoms with Crippen molar-refractivity contribution < 1.29 is 23.5 Å². The molecule has 4 aromatic rings. The third-order valence-corrected chi connectivity index (χ3v) is 5.33. The number of hydrogen-bond donors (Lipinski definition) is 2. The molecule has 4 rings (SSSR count). The first kappa shape index (κ1) is 20.3. The number of primary amides is 1. The molecule has 158 valence electrons. The van der Waals surface area contributed by atoms with Crippen molar-refractivity contribution in [2.75, 3.05) is 12.3 Å². The summed E-state index contributed by atoms with van der Waals surface area (Å²) in [6.07, 6.45) is 1.32. The number of nitrogen functional groups attached to an aromatic ring is 1. The van der Waals surface area contributed by atoms with Gasteiger partial charge in [0, 0.05) is 29.6 Å². The number of benzene rings is 1. The van der Waals surface area contributed by atoms with E-state index in [9.17, 15) is 9.59 Å². The smallest absolute Gasteiger partial charge is 0.341 e. The summed E-state index contributed by atoms with van der Waals surface area (Å²) in [7, 11) is 0. The van der Waals surface area contributed by atoms with Gasteiger partial charge in [-0.15, -0.1) is 21.5 Å². The zero-order chi connectivity index (χ0) is 22.0. The van der Waals surface area contributed by atoms with E-state index in [-0.39, 0.29) is 18.0 Å². The van der Waals surface area contributed by atoms with Crippen LogP contribution in [0.4, 0.5) is 5.82 Å². The highest BCUT2D eigenvalue weighted by molar-refractivity contribution is 7.17. The van der Waals surface area contributed by atoms with Gasteiger partial charge in [-0.2, -0.15) is 0 Å². The highest BCUT2D eigenvalue weighted by atomic mass is 32.1. The van der Waals surface area contributed by atoms with Crippen LogP contribution in [0.15, 0.2) is 40.3 Å². The van der Waals surface area contributed by atoms with Crippen molar-refractivity contribution in [3.8, 4) is 17.2 Å². The van der Waals surface area contributed by atoms with Crippen LogP contribution in [0.2, 0.25) is 0 Å². The second-order valence-corrected chi connectivity index (χ2v) is 7.39. The van der Waals surface area contributed by atoms with Gasteiger partial charge in [0.25, 0.3) is 5.91 Å². The van der Waals surface area contributed by atoms with Crippen molar-refractivity contribution in [3.05, 3.63) is 52.9 Å². The maximum atomic E-state index is 12.3. The van der Waals surface area contributed by atoms with Crippen molar-refractivity contribution in [2.45, 2.75) is 13.5 Å². The van der Waals surface area contributed by atoms with E-state index in [1.807, 2.05) is 17.5 Å². The van der Waals surface area contributed by atoms with Crippen LogP contribution in [0.1, 0.15) is 21.8 Å². The number of thiophene rings is 1. The fourth-order valence-corrected chi connectivity index (χ4v) is 3.95. The van der Waals surface area contributed by atoms with E-state index in [1.54, 1.807) is 19.1 Å². The van der Waals surface area contributed by atoms with Gasteiger partial charge in [-0.05, 0) is 23.6 Å². The molecule has 0 radical (unpaired) electrons. The third kappa shape index (κ3) is 4.31. The normalized spacial score (nSPS) is 10.9. The lowest BCUT2D eigenvalue weighted by molar-refractivity contribution is -0.121. The third-order valence-electron chi connectivity index (χ3n) is 4.27. The molecule has 0 saturated heterocycles. The average molecular weight is 439 g/mol. The minimum Gasteiger partial charge on any atom is -0.489 e. The summed E-state index contributed by atoms with van der Waals surface area (Å²) in [5.74, 6) is 0.280. The number of aromatic nitrogens is 3. The van der Waals surface area contributed by atoms with E-state index < -0.39 is 18.5 Å². The number of aryl methyl sites for hydroxylation is 1. The molecule has 0 aliphatic heterocycles. The Bertz CT molecular complexity index is 1280. The molecule has 1 amide bonds. The van der Waals surface area contributed by atoms with Gasteiger partial charge in [-0.3, -0.25) is 4.79 Å². The number of carbonyl (C=O) groups excluding carboxylic acids is 2. The number of amides is 1. The van der Waals surface area contributed by atoms with Crippen molar-refractivity contribution >= 4 is 39.1 Å². The lowest BCUT2D eigenvalue weighted by atomic mass is 10.1. The second-order valence-electron chi connectivity index (χ2n) is 6.51. The number of fused-ring (bicyclic) bond motifs is 1. The number of ether oxygens (including phenoxy) is 2. The molecule has 0 aliphatic rings. The van der Waals surface area contributed by atoms with Crippen LogP contribution in [0.3, 0.4) is 0 Å². The molecule has 0 unspecified atom stereocenters. The van der Waals surface area contributed by atoms with Crippen LogP contribution in [0.25, 0.3) is 21.5 Å². The van der Waals surface area contributed by atoms with Gasteiger partial charge in [-0.25, -0.2) is 9.78 Å². The van der Waals surface area contributed by atoms with Gasteiger partial charge >= 0.3 is 5.97 Å². The lowest BCUT2D eigenvalue weighted by Gasteiger charge is -2.08. The number of esters is 1. The van der Waals surface area contributed by atoms with Gasteiger partial charge in [0.2, 0.25) is 11.8 Å². The van der Waals surface area contributed by atoms with E-state index >= 15 is 0 Å². The number of anilines is 1.